The van der Waals surface area contributed by atoms with Gasteiger partial charge in [-0.15, -0.1) is 0 Å². The molecule has 9 nitrogen and oxygen atoms in total. The van der Waals surface area contributed by atoms with Gasteiger partial charge in [-0.2, -0.15) is 23.5 Å². The lowest BCUT2D eigenvalue weighted by molar-refractivity contribution is -0.137. The van der Waals surface area contributed by atoms with E-state index in [4.69, 9.17) is 0 Å². The van der Waals surface area contributed by atoms with Crippen LogP contribution in [-0.2, 0) is 23.1 Å². The monoisotopic (exact) mass is 529 g/mol. The zero-order valence-corrected chi connectivity index (χ0v) is 20.4. The van der Waals surface area contributed by atoms with Crippen molar-refractivity contribution in [2.45, 2.75) is 18.0 Å². The Labute approximate surface area is 208 Å². The molecular weight excluding hydrogens is 511 g/mol. The van der Waals surface area contributed by atoms with Crippen molar-refractivity contribution in [3.05, 3.63) is 92.4 Å². The summed E-state index contributed by atoms with van der Waals surface area (Å²) in [5.41, 5.74) is -2.57. The van der Waals surface area contributed by atoms with Crippen molar-refractivity contribution in [2.24, 2.45) is 7.05 Å². The van der Waals surface area contributed by atoms with E-state index in [9.17, 15) is 36.4 Å². The van der Waals surface area contributed by atoms with Crippen LogP contribution in [0.25, 0.3) is 22.6 Å². The highest BCUT2D eigenvalue weighted by atomic mass is 32.2. The van der Waals surface area contributed by atoms with Crippen LogP contribution in [0.4, 0.5) is 13.2 Å². The van der Waals surface area contributed by atoms with Crippen LogP contribution < -0.4 is 11.2 Å². The zero-order valence-electron chi connectivity index (χ0n) is 19.6. The summed E-state index contributed by atoms with van der Waals surface area (Å²) in [6.45, 7) is 1.39. The topological polar surface area (TPSA) is 120 Å². The number of nitrogens with zero attached hydrogens (tertiary/aromatic N) is 5. The predicted molar refractivity (Wildman–Crippen MR) is 127 cm³/mol. The molecule has 0 unspecified atom stereocenters. The molecular formula is C24H18F3N5O4S. The third-order valence-corrected chi connectivity index (χ3v) is 6.87. The Balaban J connectivity index is 2.05. The molecule has 190 valence electrons. The minimum Gasteiger partial charge on any atom is -0.268 e. The molecule has 0 aliphatic rings. The Morgan fingerprint density at radius 2 is 1.76 bits per heavy atom. The van der Waals surface area contributed by atoms with Crippen molar-refractivity contribution in [2.75, 3.05) is 6.26 Å². The van der Waals surface area contributed by atoms with E-state index in [-0.39, 0.29) is 38.8 Å². The van der Waals surface area contributed by atoms with Gasteiger partial charge in [-0.05, 0) is 49.4 Å². The summed E-state index contributed by atoms with van der Waals surface area (Å²) in [6, 6.07) is 11.3. The van der Waals surface area contributed by atoms with Gasteiger partial charge in [-0.3, -0.25) is 13.9 Å². The van der Waals surface area contributed by atoms with Gasteiger partial charge in [0.25, 0.3) is 5.56 Å². The molecule has 4 aromatic rings. The largest absolute Gasteiger partial charge is 0.416 e. The fourth-order valence-electron chi connectivity index (χ4n) is 3.98. The van der Waals surface area contributed by atoms with Gasteiger partial charge in [-0.1, -0.05) is 6.07 Å². The first kappa shape index (κ1) is 25.6. The van der Waals surface area contributed by atoms with Gasteiger partial charge in [0, 0.05) is 19.0 Å². The lowest BCUT2D eigenvalue weighted by Crippen LogP contribution is -2.40. The highest BCUT2D eigenvalue weighted by molar-refractivity contribution is 7.90. The maximum absolute atomic E-state index is 13.3. The molecule has 13 heteroatoms. The van der Waals surface area contributed by atoms with Crippen LogP contribution in [0.2, 0.25) is 0 Å². The summed E-state index contributed by atoms with van der Waals surface area (Å²) in [4.78, 5) is 26.0. The molecule has 0 saturated carbocycles. The number of nitriles is 1. The average Bonchev–Trinajstić information content (AvgIpc) is 3.31. The lowest BCUT2D eigenvalue weighted by Gasteiger charge is -2.18. The van der Waals surface area contributed by atoms with Gasteiger partial charge < -0.3 is 0 Å². The molecule has 0 aliphatic carbocycles. The van der Waals surface area contributed by atoms with Gasteiger partial charge in [0.1, 0.15) is 0 Å². The van der Waals surface area contributed by atoms with E-state index in [1.54, 1.807) is 0 Å². The minimum absolute atomic E-state index is 0.0173. The maximum atomic E-state index is 13.3. The quantitative estimate of drug-likeness (QED) is 0.401. The number of sulfone groups is 1. The molecule has 4 rings (SSSR count). The second kappa shape index (κ2) is 8.90. The normalized spacial score (nSPS) is 11.9. The molecule has 0 amide bonds. The van der Waals surface area contributed by atoms with Gasteiger partial charge in [-0.25, -0.2) is 17.9 Å². The van der Waals surface area contributed by atoms with Crippen molar-refractivity contribution in [3.8, 4) is 28.7 Å². The van der Waals surface area contributed by atoms with E-state index in [1.807, 2.05) is 6.07 Å². The molecule has 0 N–H and O–H groups in total. The second-order valence-corrected chi connectivity index (χ2v) is 10.2. The van der Waals surface area contributed by atoms with E-state index < -0.39 is 32.8 Å². The lowest BCUT2D eigenvalue weighted by atomic mass is 10.1. The summed E-state index contributed by atoms with van der Waals surface area (Å²) in [5.74, 6) is 0. The van der Waals surface area contributed by atoms with Crippen molar-refractivity contribution in [1.29, 1.82) is 5.26 Å². The summed E-state index contributed by atoms with van der Waals surface area (Å²) in [7, 11) is -2.67. The summed E-state index contributed by atoms with van der Waals surface area (Å²) in [6.07, 6.45) is -2.40. The number of hydrogen-bond acceptors (Lipinski definition) is 6. The van der Waals surface area contributed by atoms with Crippen molar-refractivity contribution >= 4 is 9.84 Å². The average molecular weight is 530 g/mol. The van der Waals surface area contributed by atoms with Gasteiger partial charge in [0.15, 0.2) is 9.84 Å². The number of rotatable bonds is 4. The molecule has 37 heavy (non-hydrogen) atoms. The van der Waals surface area contributed by atoms with E-state index in [0.717, 1.165) is 33.6 Å². The van der Waals surface area contributed by atoms with E-state index in [2.05, 4.69) is 5.10 Å². The molecule has 2 aromatic heterocycles. The minimum atomic E-state index is -4.66. The molecule has 0 aliphatic heterocycles. The van der Waals surface area contributed by atoms with Crippen LogP contribution in [0.1, 0.15) is 16.8 Å². The van der Waals surface area contributed by atoms with E-state index in [1.165, 1.54) is 55.2 Å². The fourth-order valence-corrected chi connectivity index (χ4v) is 4.85. The van der Waals surface area contributed by atoms with Gasteiger partial charge >= 0.3 is 11.9 Å². The standard InChI is InChI=1S/C24H18F3N5O4S/c1-14-21(19-9-10-29-32(19)18-8-7-15(13-28)11-20(18)37(3,35)36)22(33)30(2)23(34)31(14)17-6-4-5-16(12-17)24(25,26)27/h4-12H,1-3H3. The SMILES string of the molecule is Cc1c(-c2ccnn2-c2ccc(C#N)cc2S(C)(=O)=O)c(=O)n(C)c(=O)n1-c1cccc(C(F)(F)F)c1. The smallest absolute Gasteiger partial charge is 0.268 e. The first-order valence-corrected chi connectivity index (χ1v) is 12.4. The van der Waals surface area contributed by atoms with Crippen LogP contribution in [0.5, 0.6) is 0 Å². The Hall–Kier alpha value is -4.44. The van der Waals surface area contributed by atoms with Crippen LogP contribution in [-0.4, -0.2) is 33.6 Å². The number of benzene rings is 2. The fraction of sp³-hybridized carbons (Fsp3) is 0.167. The molecule has 0 fully saturated rings. The molecule has 2 heterocycles. The number of aromatic nitrogens is 4. The van der Waals surface area contributed by atoms with Gasteiger partial charge in [0.2, 0.25) is 0 Å². The van der Waals surface area contributed by atoms with Crippen LogP contribution in [0, 0.1) is 18.3 Å². The Kier molecular flexibility index (Phi) is 6.17. The van der Waals surface area contributed by atoms with E-state index in [0.29, 0.717) is 0 Å². The number of hydrogen-bond donors (Lipinski definition) is 0. The number of halogens is 3. The summed E-state index contributed by atoms with van der Waals surface area (Å²) >= 11 is 0. The first-order chi connectivity index (χ1) is 17.3. The third-order valence-electron chi connectivity index (χ3n) is 5.74. The van der Waals surface area contributed by atoms with Crippen molar-refractivity contribution < 1.29 is 21.6 Å². The second-order valence-electron chi connectivity index (χ2n) is 8.19. The van der Waals surface area contributed by atoms with E-state index >= 15 is 0 Å². The maximum Gasteiger partial charge on any atom is 0.416 e. The Bertz CT molecular complexity index is 1830. The molecule has 0 spiro atoms. The molecule has 0 saturated heterocycles. The van der Waals surface area contributed by atoms with Crippen LogP contribution >= 0.6 is 0 Å². The van der Waals surface area contributed by atoms with Gasteiger partial charge in [0.05, 0.1) is 50.9 Å². The molecule has 0 atom stereocenters. The Morgan fingerprint density at radius 1 is 1.05 bits per heavy atom. The molecule has 0 radical (unpaired) electrons. The third kappa shape index (κ3) is 4.47. The molecule has 2 aromatic carbocycles. The first-order valence-electron chi connectivity index (χ1n) is 10.5. The number of alkyl halides is 3. The predicted octanol–water partition coefficient (Wildman–Crippen LogP) is 2.99. The highest BCUT2D eigenvalue weighted by Crippen LogP contribution is 2.31. The Morgan fingerprint density at radius 3 is 2.38 bits per heavy atom. The summed E-state index contributed by atoms with van der Waals surface area (Å²) in [5, 5.41) is 13.4. The molecule has 0 bridgehead atoms. The van der Waals surface area contributed by atoms with Crippen molar-refractivity contribution in [3.63, 3.8) is 0 Å². The van der Waals surface area contributed by atoms with Crippen LogP contribution in [0.3, 0.4) is 0 Å². The van der Waals surface area contributed by atoms with Crippen molar-refractivity contribution in [1.82, 2.24) is 18.9 Å². The van der Waals surface area contributed by atoms with Crippen LogP contribution in [0.15, 0.2) is 69.2 Å². The summed E-state index contributed by atoms with van der Waals surface area (Å²) < 4.78 is 67.9. The zero-order chi connectivity index (χ0) is 27.3. The highest BCUT2D eigenvalue weighted by Gasteiger charge is 2.31.